The highest BCUT2D eigenvalue weighted by molar-refractivity contribution is 7.85. The normalized spacial score (nSPS) is 14.9. The molecule has 8 nitrogen and oxygen atoms in total. The first kappa shape index (κ1) is 29.3. The van der Waals surface area contributed by atoms with E-state index in [-0.39, 0.29) is 30.3 Å². The fourth-order valence-corrected chi connectivity index (χ4v) is 4.64. The molecule has 188 valence electrons. The second-order valence-corrected chi connectivity index (χ2v) is 11.2. The number of pyridine rings is 1. The summed E-state index contributed by atoms with van der Waals surface area (Å²) in [4.78, 5) is 24.8. The zero-order valence-corrected chi connectivity index (χ0v) is 21.7. The molecule has 2 unspecified atom stereocenters. The number of aryl methyl sites for hydroxylation is 1. The topological polar surface area (TPSA) is 114 Å². The van der Waals surface area contributed by atoms with Gasteiger partial charge in [0.25, 0.3) is 0 Å². The van der Waals surface area contributed by atoms with E-state index in [0.29, 0.717) is 32.2 Å². The number of aromatic nitrogens is 1. The largest absolute Gasteiger partial charge is 0.748 e. The van der Waals surface area contributed by atoms with Crippen molar-refractivity contribution >= 4 is 33.7 Å². The fraction of sp³-hybridized carbons (Fsp3) is 0.696. The lowest BCUT2D eigenvalue weighted by molar-refractivity contribution is -0.704. The number of ether oxygens (including phenoxy) is 2. The first-order valence-electron chi connectivity index (χ1n) is 11.1. The van der Waals surface area contributed by atoms with E-state index in [0.717, 1.165) is 5.69 Å². The summed E-state index contributed by atoms with van der Waals surface area (Å²) in [5.74, 6) is -1.16. The van der Waals surface area contributed by atoms with E-state index in [1.54, 1.807) is 27.0 Å². The van der Waals surface area contributed by atoms with E-state index in [1.807, 2.05) is 29.7 Å². The Labute approximate surface area is 202 Å². The molecule has 0 aliphatic heterocycles. The van der Waals surface area contributed by atoms with Crippen LogP contribution in [0, 0.1) is 10.8 Å². The quantitative estimate of drug-likeness (QED) is 0.125. The molecule has 0 bridgehead atoms. The predicted octanol–water partition coefficient (Wildman–Crippen LogP) is 3.52. The van der Waals surface area contributed by atoms with Gasteiger partial charge in [-0.25, -0.2) is 13.0 Å². The average molecular weight is 506 g/mol. The molecule has 33 heavy (non-hydrogen) atoms. The zero-order chi connectivity index (χ0) is 25.3. The fourth-order valence-electron chi connectivity index (χ4n) is 3.80. The number of methoxy groups -OCH3 is 1. The molecule has 0 spiro atoms. The number of carbonyl (C=O) groups excluding carboxylic acids is 2. The van der Waals surface area contributed by atoms with E-state index in [2.05, 4.69) is 0 Å². The van der Waals surface area contributed by atoms with Gasteiger partial charge in [-0.2, -0.15) is 0 Å². The molecular formula is C23H36ClNO7S. The molecule has 0 aliphatic rings. The molecule has 2 atom stereocenters. The maximum atomic E-state index is 12.8. The van der Waals surface area contributed by atoms with E-state index < -0.39 is 26.7 Å². The van der Waals surface area contributed by atoms with Crippen molar-refractivity contribution in [3.8, 4) is 0 Å². The van der Waals surface area contributed by atoms with E-state index in [1.165, 1.54) is 7.11 Å². The third-order valence-electron chi connectivity index (χ3n) is 5.77. The predicted molar refractivity (Wildman–Crippen MR) is 123 cm³/mol. The highest BCUT2D eigenvalue weighted by Gasteiger charge is 2.42. The van der Waals surface area contributed by atoms with Gasteiger partial charge in [-0.1, -0.05) is 13.0 Å². The van der Waals surface area contributed by atoms with Gasteiger partial charge in [0, 0.05) is 24.3 Å². The van der Waals surface area contributed by atoms with Gasteiger partial charge in [0.2, 0.25) is 0 Å². The maximum Gasteiger partial charge on any atom is 0.311 e. The first-order chi connectivity index (χ1) is 15.3. The summed E-state index contributed by atoms with van der Waals surface area (Å²) >= 11 is 6.56. The summed E-state index contributed by atoms with van der Waals surface area (Å²) < 4.78 is 44.7. The van der Waals surface area contributed by atoms with Crippen LogP contribution in [0.5, 0.6) is 0 Å². The molecule has 0 fully saturated rings. The number of carbonyl (C=O) groups is 2. The van der Waals surface area contributed by atoms with Crippen molar-refractivity contribution in [2.24, 2.45) is 10.8 Å². The molecule has 10 heteroatoms. The summed E-state index contributed by atoms with van der Waals surface area (Å²) in [6, 6.07) is 5.49. The Bertz CT molecular complexity index is 904. The van der Waals surface area contributed by atoms with Crippen molar-refractivity contribution in [1.82, 2.24) is 0 Å². The number of hydrogen-bond acceptors (Lipinski definition) is 7. The second kappa shape index (κ2) is 12.7. The Morgan fingerprint density at radius 3 is 2.42 bits per heavy atom. The van der Waals surface area contributed by atoms with Crippen molar-refractivity contribution in [3.05, 3.63) is 30.1 Å². The minimum atomic E-state index is -4.26. The number of esters is 2. The molecule has 0 aliphatic carbocycles. The van der Waals surface area contributed by atoms with Gasteiger partial charge in [0.05, 0.1) is 34.7 Å². The minimum absolute atomic E-state index is 0.192. The van der Waals surface area contributed by atoms with Gasteiger partial charge >= 0.3 is 11.9 Å². The molecule has 0 radical (unpaired) electrons. The van der Waals surface area contributed by atoms with Gasteiger partial charge in [-0.05, 0) is 46.5 Å². The van der Waals surface area contributed by atoms with Gasteiger partial charge in [0.15, 0.2) is 11.9 Å². The smallest absolute Gasteiger partial charge is 0.311 e. The summed E-state index contributed by atoms with van der Waals surface area (Å²) in [6.45, 7) is 7.73. The van der Waals surface area contributed by atoms with Crippen molar-refractivity contribution in [1.29, 1.82) is 0 Å². The SMILES string of the molecule is CCC(C)(CC(C)(C)C(=O)OC)C(=O)OCCCC(Cl)c1cccc[n+]1CCCS(=O)(=O)[O-]. The van der Waals surface area contributed by atoms with Gasteiger partial charge < -0.3 is 14.0 Å². The minimum Gasteiger partial charge on any atom is -0.748 e. The third-order valence-corrected chi connectivity index (χ3v) is 7.00. The first-order valence-corrected chi connectivity index (χ1v) is 13.1. The van der Waals surface area contributed by atoms with Crippen LogP contribution in [-0.4, -0.2) is 44.4 Å². The Hall–Kier alpha value is -1.71. The van der Waals surface area contributed by atoms with E-state index >= 15 is 0 Å². The lowest BCUT2D eigenvalue weighted by Crippen LogP contribution is -2.39. The Balaban J connectivity index is 2.63. The number of hydrogen-bond donors (Lipinski definition) is 0. The maximum absolute atomic E-state index is 12.8. The lowest BCUT2D eigenvalue weighted by atomic mass is 9.72. The van der Waals surface area contributed by atoms with Crippen LogP contribution in [0.25, 0.3) is 0 Å². The molecule has 0 N–H and O–H groups in total. The van der Waals surface area contributed by atoms with Crippen LogP contribution in [0.4, 0.5) is 0 Å². The van der Waals surface area contributed by atoms with Gasteiger partial charge in [0.1, 0.15) is 11.9 Å². The highest BCUT2D eigenvalue weighted by atomic mass is 35.5. The van der Waals surface area contributed by atoms with Gasteiger partial charge in [-0.3, -0.25) is 9.59 Å². The molecule has 1 rings (SSSR count). The third kappa shape index (κ3) is 9.59. The van der Waals surface area contributed by atoms with Crippen LogP contribution < -0.4 is 4.57 Å². The number of rotatable bonds is 14. The summed E-state index contributed by atoms with van der Waals surface area (Å²) in [5.41, 5.74) is -0.832. The molecular weight excluding hydrogens is 470 g/mol. The van der Waals surface area contributed by atoms with Gasteiger partial charge in [-0.15, -0.1) is 11.6 Å². The van der Waals surface area contributed by atoms with Crippen molar-refractivity contribution in [2.45, 2.75) is 71.7 Å². The molecule has 1 aromatic heterocycles. The Morgan fingerprint density at radius 1 is 1.18 bits per heavy atom. The van der Waals surface area contributed by atoms with Crippen molar-refractivity contribution < 1.29 is 36.6 Å². The monoisotopic (exact) mass is 505 g/mol. The van der Waals surface area contributed by atoms with Crippen LogP contribution >= 0.6 is 11.6 Å². The second-order valence-electron chi connectivity index (χ2n) is 9.15. The molecule has 1 heterocycles. The average Bonchev–Trinajstić information content (AvgIpc) is 2.74. The lowest BCUT2D eigenvalue weighted by Gasteiger charge is -2.33. The van der Waals surface area contributed by atoms with E-state index in [9.17, 15) is 22.6 Å². The van der Waals surface area contributed by atoms with Crippen molar-refractivity contribution in [2.75, 3.05) is 19.5 Å². The van der Waals surface area contributed by atoms with Crippen LogP contribution in [-0.2, 0) is 35.7 Å². The molecule has 0 aromatic carbocycles. The summed E-state index contributed by atoms with van der Waals surface area (Å²) in [7, 11) is -2.93. The number of nitrogens with zero attached hydrogens (tertiary/aromatic N) is 1. The summed E-state index contributed by atoms with van der Waals surface area (Å²) in [6.07, 6.45) is 3.89. The van der Waals surface area contributed by atoms with Crippen LogP contribution in [0.1, 0.15) is 70.9 Å². The standard InChI is InChI=1S/C23H36ClNO7S/c1-6-23(4,17-22(2,3)20(26)31-5)21(27)32-15-9-11-18(24)19-12-7-8-13-25(19)14-10-16-33(28,29)30/h7-8,12-13,18H,6,9-11,14-17H2,1-5H3. The van der Waals surface area contributed by atoms with Crippen LogP contribution in [0.15, 0.2) is 24.4 Å². The molecule has 0 amide bonds. The van der Waals surface area contributed by atoms with Crippen LogP contribution in [0.3, 0.4) is 0 Å². The van der Waals surface area contributed by atoms with Crippen LogP contribution in [0.2, 0.25) is 0 Å². The number of halogens is 1. The molecule has 0 saturated carbocycles. The number of alkyl halides is 1. The highest BCUT2D eigenvalue weighted by Crippen LogP contribution is 2.38. The van der Waals surface area contributed by atoms with Crippen molar-refractivity contribution in [3.63, 3.8) is 0 Å². The Kier molecular flexibility index (Phi) is 11.3. The summed E-state index contributed by atoms with van der Waals surface area (Å²) in [5, 5.41) is -0.371. The molecule has 1 aromatic rings. The Morgan fingerprint density at radius 2 is 1.85 bits per heavy atom. The van der Waals surface area contributed by atoms with E-state index in [4.69, 9.17) is 21.1 Å². The molecule has 0 saturated heterocycles. The zero-order valence-electron chi connectivity index (χ0n) is 20.1.